The van der Waals surface area contributed by atoms with Crippen LogP contribution in [0.1, 0.15) is 50.2 Å². The SMILES string of the molecule is CC1CCCC(CN)(C2(O)CCc3ccccc32)C1. The average Bonchev–Trinajstić information content (AvgIpc) is 2.78. The van der Waals surface area contributed by atoms with Gasteiger partial charge in [-0.15, -0.1) is 0 Å². The van der Waals surface area contributed by atoms with Gasteiger partial charge in [0.05, 0.1) is 5.60 Å². The van der Waals surface area contributed by atoms with Crippen molar-refractivity contribution < 1.29 is 5.11 Å². The summed E-state index contributed by atoms with van der Waals surface area (Å²) in [6, 6.07) is 8.39. The lowest BCUT2D eigenvalue weighted by molar-refractivity contribution is -0.113. The van der Waals surface area contributed by atoms with E-state index in [9.17, 15) is 5.11 Å². The number of aryl methyl sites for hydroxylation is 1. The number of aliphatic hydroxyl groups is 1. The molecule has 0 amide bonds. The van der Waals surface area contributed by atoms with Crippen molar-refractivity contribution >= 4 is 0 Å². The van der Waals surface area contributed by atoms with E-state index in [1.807, 2.05) is 6.07 Å². The zero-order valence-corrected chi connectivity index (χ0v) is 11.9. The van der Waals surface area contributed by atoms with Gasteiger partial charge >= 0.3 is 0 Å². The summed E-state index contributed by atoms with van der Waals surface area (Å²) in [4.78, 5) is 0. The molecule has 2 heteroatoms. The second kappa shape index (κ2) is 4.60. The molecule has 0 saturated heterocycles. The van der Waals surface area contributed by atoms with Crippen molar-refractivity contribution in [3.8, 4) is 0 Å². The van der Waals surface area contributed by atoms with E-state index in [2.05, 4.69) is 25.1 Å². The van der Waals surface area contributed by atoms with Crippen molar-refractivity contribution in [3.05, 3.63) is 35.4 Å². The van der Waals surface area contributed by atoms with Crippen LogP contribution in [0, 0.1) is 11.3 Å². The molecule has 2 nitrogen and oxygen atoms in total. The number of fused-ring (bicyclic) bond motifs is 1. The molecule has 19 heavy (non-hydrogen) atoms. The Morgan fingerprint density at radius 3 is 2.84 bits per heavy atom. The molecule has 0 radical (unpaired) electrons. The second-order valence-electron chi connectivity index (χ2n) is 6.70. The van der Waals surface area contributed by atoms with Crippen molar-refractivity contribution in [1.82, 2.24) is 0 Å². The Hall–Kier alpha value is -0.860. The van der Waals surface area contributed by atoms with E-state index in [-0.39, 0.29) is 5.41 Å². The van der Waals surface area contributed by atoms with Crippen LogP contribution in [0.15, 0.2) is 24.3 Å². The fraction of sp³-hybridized carbons (Fsp3) is 0.647. The third-order valence-corrected chi connectivity index (χ3v) is 5.58. The van der Waals surface area contributed by atoms with Crippen LogP contribution >= 0.6 is 0 Å². The van der Waals surface area contributed by atoms with Gasteiger partial charge in [-0.05, 0) is 42.7 Å². The highest BCUT2D eigenvalue weighted by Gasteiger charge is 2.54. The first kappa shape index (κ1) is 13.1. The highest BCUT2D eigenvalue weighted by atomic mass is 16.3. The van der Waals surface area contributed by atoms with E-state index in [4.69, 9.17) is 5.73 Å². The molecule has 3 N–H and O–H groups in total. The maximum absolute atomic E-state index is 11.5. The molecule has 1 aromatic carbocycles. The predicted octanol–water partition coefficient (Wildman–Crippen LogP) is 2.98. The summed E-state index contributed by atoms with van der Waals surface area (Å²) in [5.74, 6) is 0.675. The maximum Gasteiger partial charge on any atom is 0.0970 e. The molecular weight excluding hydrogens is 234 g/mol. The lowest BCUT2D eigenvalue weighted by Gasteiger charge is -2.49. The minimum absolute atomic E-state index is 0.114. The summed E-state index contributed by atoms with van der Waals surface area (Å²) in [6.07, 6.45) is 6.44. The Morgan fingerprint density at radius 1 is 1.32 bits per heavy atom. The molecule has 0 spiro atoms. The summed E-state index contributed by atoms with van der Waals surface area (Å²) in [7, 11) is 0. The van der Waals surface area contributed by atoms with Crippen LogP contribution in [0.5, 0.6) is 0 Å². The van der Waals surface area contributed by atoms with E-state index in [0.717, 1.165) is 31.2 Å². The van der Waals surface area contributed by atoms with Crippen LogP contribution in [0.25, 0.3) is 0 Å². The highest BCUT2D eigenvalue weighted by molar-refractivity contribution is 5.39. The number of benzene rings is 1. The lowest BCUT2D eigenvalue weighted by Crippen LogP contribution is -2.51. The Balaban J connectivity index is 2.04. The largest absolute Gasteiger partial charge is 0.385 e. The molecule has 0 aromatic heterocycles. The molecule has 3 unspecified atom stereocenters. The van der Waals surface area contributed by atoms with Crippen molar-refractivity contribution in [2.45, 2.75) is 51.0 Å². The first-order valence-corrected chi connectivity index (χ1v) is 7.62. The van der Waals surface area contributed by atoms with Gasteiger partial charge in [0.1, 0.15) is 0 Å². The van der Waals surface area contributed by atoms with Gasteiger partial charge in [0.2, 0.25) is 0 Å². The van der Waals surface area contributed by atoms with Crippen molar-refractivity contribution in [2.24, 2.45) is 17.1 Å². The van der Waals surface area contributed by atoms with E-state index in [1.165, 1.54) is 18.4 Å². The highest BCUT2D eigenvalue weighted by Crippen LogP contribution is 2.55. The Kier molecular flexibility index (Phi) is 3.18. The molecule has 0 heterocycles. The van der Waals surface area contributed by atoms with Crippen molar-refractivity contribution in [3.63, 3.8) is 0 Å². The third kappa shape index (κ3) is 1.85. The van der Waals surface area contributed by atoms with Gasteiger partial charge in [-0.2, -0.15) is 0 Å². The normalized spacial score (nSPS) is 38.2. The number of hydrogen-bond donors (Lipinski definition) is 2. The van der Waals surface area contributed by atoms with E-state index in [1.54, 1.807) is 0 Å². The summed E-state index contributed by atoms with van der Waals surface area (Å²) < 4.78 is 0. The number of nitrogens with two attached hydrogens (primary N) is 1. The minimum atomic E-state index is -0.701. The van der Waals surface area contributed by atoms with Crippen LogP contribution in [-0.2, 0) is 12.0 Å². The van der Waals surface area contributed by atoms with Crippen LogP contribution in [0.3, 0.4) is 0 Å². The molecule has 1 saturated carbocycles. The molecule has 2 aliphatic carbocycles. The first-order valence-electron chi connectivity index (χ1n) is 7.62. The van der Waals surface area contributed by atoms with E-state index >= 15 is 0 Å². The number of hydrogen-bond acceptors (Lipinski definition) is 2. The van der Waals surface area contributed by atoms with Gasteiger partial charge in [-0.1, -0.05) is 44.0 Å². The Morgan fingerprint density at radius 2 is 2.11 bits per heavy atom. The fourth-order valence-electron chi connectivity index (χ4n) is 4.53. The number of rotatable bonds is 2. The topological polar surface area (TPSA) is 46.2 Å². The van der Waals surface area contributed by atoms with Crippen LogP contribution in [0.2, 0.25) is 0 Å². The Labute approximate surface area is 116 Å². The van der Waals surface area contributed by atoms with Crippen molar-refractivity contribution in [1.29, 1.82) is 0 Å². The zero-order chi connectivity index (χ0) is 13.5. The smallest absolute Gasteiger partial charge is 0.0970 e. The van der Waals surface area contributed by atoms with Crippen LogP contribution < -0.4 is 5.73 Å². The first-order chi connectivity index (χ1) is 9.11. The molecule has 2 aliphatic rings. The molecule has 3 atom stereocenters. The van der Waals surface area contributed by atoms with Crippen LogP contribution in [0.4, 0.5) is 0 Å². The summed E-state index contributed by atoms with van der Waals surface area (Å²) in [5, 5.41) is 11.5. The summed E-state index contributed by atoms with van der Waals surface area (Å²) >= 11 is 0. The lowest BCUT2D eigenvalue weighted by atomic mass is 9.59. The maximum atomic E-state index is 11.5. The molecular formula is C17H25NO. The van der Waals surface area contributed by atoms with Gasteiger partial charge in [0.15, 0.2) is 0 Å². The molecule has 3 rings (SSSR count). The van der Waals surface area contributed by atoms with Gasteiger partial charge < -0.3 is 10.8 Å². The standard InChI is InChI=1S/C17H25NO/c1-13-5-4-9-16(11-13,12-18)17(19)10-8-14-6-2-3-7-15(14)17/h2-3,6-7,13,19H,4-5,8-12,18H2,1H3. The summed E-state index contributed by atoms with van der Waals surface area (Å²) in [5.41, 5.74) is 7.81. The predicted molar refractivity (Wildman–Crippen MR) is 77.8 cm³/mol. The van der Waals surface area contributed by atoms with Gasteiger partial charge in [0, 0.05) is 12.0 Å². The second-order valence-corrected chi connectivity index (χ2v) is 6.70. The molecule has 0 bridgehead atoms. The Bertz CT molecular complexity index is 472. The quantitative estimate of drug-likeness (QED) is 0.857. The van der Waals surface area contributed by atoms with Crippen molar-refractivity contribution in [2.75, 3.05) is 6.54 Å². The molecule has 1 fully saturated rings. The summed E-state index contributed by atoms with van der Waals surface area (Å²) in [6.45, 7) is 2.90. The molecule has 0 aliphatic heterocycles. The average molecular weight is 259 g/mol. The van der Waals surface area contributed by atoms with Gasteiger partial charge in [-0.3, -0.25) is 0 Å². The minimum Gasteiger partial charge on any atom is -0.385 e. The monoisotopic (exact) mass is 259 g/mol. The van der Waals surface area contributed by atoms with Crippen LogP contribution in [-0.4, -0.2) is 11.7 Å². The van der Waals surface area contributed by atoms with Gasteiger partial charge in [-0.25, -0.2) is 0 Å². The molecule has 1 aromatic rings. The van der Waals surface area contributed by atoms with Gasteiger partial charge in [0.25, 0.3) is 0 Å². The third-order valence-electron chi connectivity index (χ3n) is 5.58. The fourth-order valence-corrected chi connectivity index (χ4v) is 4.53. The van der Waals surface area contributed by atoms with E-state index in [0.29, 0.717) is 12.5 Å². The molecule has 104 valence electrons. The zero-order valence-electron chi connectivity index (χ0n) is 11.9. The van der Waals surface area contributed by atoms with E-state index < -0.39 is 5.60 Å².